The summed E-state index contributed by atoms with van der Waals surface area (Å²) in [4.78, 5) is 39.9. The number of Topliss-reactive ketones (excluding diaryl/α,β-unsaturated/α-hetero) is 1. The second-order valence-electron chi connectivity index (χ2n) is 7.59. The average molecular weight is 441 g/mol. The molecule has 2 atom stereocenters. The number of rotatable bonds is 6. The van der Waals surface area contributed by atoms with E-state index >= 15 is 0 Å². The second kappa shape index (κ2) is 9.12. The highest BCUT2D eigenvalue weighted by Gasteiger charge is 2.61. The summed E-state index contributed by atoms with van der Waals surface area (Å²) in [7, 11) is 2.44. The fraction of sp³-hybridized carbons (Fsp3) is 0.148. The Bertz CT molecular complexity index is 1210. The van der Waals surface area contributed by atoms with E-state index in [9.17, 15) is 14.4 Å². The fourth-order valence-corrected chi connectivity index (χ4v) is 4.46. The summed E-state index contributed by atoms with van der Waals surface area (Å²) in [5.74, 6) is -3.56. The zero-order valence-corrected chi connectivity index (χ0v) is 18.3. The predicted octanol–water partition coefficient (Wildman–Crippen LogP) is 3.99. The topological polar surface area (TPSA) is 81.7 Å². The summed E-state index contributed by atoms with van der Waals surface area (Å²) >= 11 is 0. The first-order valence-corrected chi connectivity index (χ1v) is 10.4. The van der Waals surface area contributed by atoms with E-state index in [-0.39, 0.29) is 5.57 Å². The summed E-state index contributed by atoms with van der Waals surface area (Å²) in [6.45, 7) is 0. The van der Waals surface area contributed by atoms with Crippen molar-refractivity contribution in [1.82, 2.24) is 0 Å². The highest BCUT2D eigenvalue weighted by Crippen LogP contribution is 2.53. The molecule has 1 aliphatic carbocycles. The first-order chi connectivity index (χ1) is 16.0. The van der Waals surface area contributed by atoms with Gasteiger partial charge < -0.3 is 14.8 Å². The summed E-state index contributed by atoms with van der Waals surface area (Å²) in [6.07, 6.45) is 0. The zero-order chi connectivity index (χ0) is 23.4. The van der Waals surface area contributed by atoms with Crippen molar-refractivity contribution in [2.45, 2.75) is 5.54 Å². The maximum absolute atomic E-state index is 13.8. The Labute approximate surface area is 191 Å². The lowest BCUT2D eigenvalue weighted by Gasteiger charge is -2.38. The lowest BCUT2D eigenvalue weighted by molar-refractivity contribution is -0.150. The molecule has 0 saturated carbocycles. The third-order valence-corrected chi connectivity index (χ3v) is 5.82. The predicted molar refractivity (Wildman–Crippen MR) is 124 cm³/mol. The molecule has 1 N–H and O–H groups in total. The molecular weight excluding hydrogens is 418 g/mol. The van der Waals surface area contributed by atoms with Gasteiger partial charge in [-0.3, -0.25) is 9.59 Å². The number of nitrogens with one attached hydrogen (secondary N) is 1. The minimum Gasteiger partial charge on any atom is -0.468 e. The van der Waals surface area contributed by atoms with E-state index in [4.69, 9.17) is 9.47 Å². The van der Waals surface area contributed by atoms with Gasteiger partial charge in [-0.05, 0) is 23.3 Å². The van der Waals surface area contributed by atoms with E-state index < -0.39 is 29.2 Å². The van der Waals surface area contributed by atoms with Crippen molar-refractivity contribution in [3.05, 3.63) is 108 Å². The molecule has 0 radical (unpaired) electrons. The molecule has 0 spiro atoms. The summed E-state index contributed by atoms with van der Waals surface area (Å²) in [5.41, 5.74) is 0.692. The van der Waals surface area contributed by atoms with Gasteiger partial charge in [-0.15, -0.1) is 0 Å². The van der Waals surface area contributed by atoms with Crippen LogP contribution < -0.4 is 5.32 Å². The Morgan fingerprint density at radius 1 is 0.788 bits per heavy atom. The standard InChI is InChI=1S/C27H23NO5/c1-32-25(30)21-22(18-12-6-3-7-13-18)27(19-14-8-4-9-15-19,23(24(21)29)26(31)33-2)28-20-16-10-5-11-17-20/h3-17,23,28H,1-2H3/t23-,27-/m1/s1. The van der Waals surface area contributed by atoms with Crippen LogP contribution in [0, 0.1) is 5.92 Å². The summed E-state index contributed by atoms with van der Waals surface area (Å²) < 4.78 is 10.1. The van der Waals surface area contributed by atoms with Gasteiger partial charge in [0, 0.05) is 11.3 Å². The van der Waals surface area contributed by atoms with Gasteiger partial charge in [0.15, 0.2) is 11.7 Å². The molecule has 0 fully saturated rings. The van der Waals surface area contributed by atoms with Crippen molar-refractivity contribution in [3.63, 3.8) is 0 Å². The summed E-state index contributed by atoms with van der Waals surface area (Å²) in [6, 6.07) is 27.4. The maximum Gasteiger partial charge on any atom is 0.341 e. The van der Waals surface area contributed by atoms with Crippen LogP contribution in [0.4, 0.5) is 5.69 Å². The molecule has 0 heterocycles. The molecule has 3 aromatic carbocycles. The highest BCUT2D eigenvalue weighted by atomic mass is 16.5. The highest BCUT2D eigenvalue weighted by molar-refractivity contribution is 6.32. The number of methoxy groups -OCH3 is 2. The summed E-state index contributed by atoms with van der Waals surface area (Å²) in [5, 5.41) is 3.44. The number of carbonyl (C=O) groups excluding carboxylic acids is 3. The van der Waals surface area contributed by atoms with Crippen LogP contribution in [0.25, 0.3) is 5.57 Å². The number of hydrogen-bond donors (Lipinski definition) is 1. The molecule has 4 rings (SSSR count). The van der Waals surface area contributed by atoms with Crippen LogP contribution in [-0.2, 0) is 29.4 Å². The molecule has 0 unspecified atom stereocenters. The number of esters is 2. The molecule has 6 nitrogen and oxygen atoms in total. The van der Waals surface area contributed by atoms with Crippen LogP contribution >= 0.6 is 0 Å². The van der Waals surface area contributed by atoms with E-state index in [2.05, 4.69) is 5.32 Å². The molecule has 33 heavy (non-hydrogen) atoms. The molecule has 0 saturated heterocycles. The number of ketones is 1. The van der Waals surface area contributed by atoms with Gasteiger partial charge in [-0.2, -0.15) is 0 Å². The number of para-hydroxylation sites is 1. The van der Waals surface area contributed by atoms with Crippen molar-refractivity contribution in [2.24, 2.45) is 5.92 Å². The Morgan fingerprint density at radius 2 is 1.33 bits per heavy atom. The monoisotopic (exact) mass is 441 g/mol. The largest absolute Gasteiger partial charge is 0.468 e. The Kier molecular flexibility index (Phi) is 6.09. The number of hydrogen-bond acceptors (Lipinski definition) is 6. The van der Waals surface area contributed by atoms with Gasteiger partial charge in [0.05, 0.1) is 14.2 Å². The third kappa shape index (κ3) is 3.69. The van der Waals surface area contributed by atoms with Crippen LogP contribution in [0.5, 0.6) is 0 Å². The van der Waals surface area contributed by atoms with Crippen molar-refractivity contribution in [1.29, 1.82) is 0 Å². The Hall–Kier alpha value is -4.19. The maximum atomic E-state index is 13.8. The third-order valence-electron chi connectivity index (χ3n) is 5.82. The SMILES string of the molecule is COC(=O)C1=C(c2ccccc2)[C@](Nc2ccccc2)(c2ccccc2)[C@@H](C(=O)OC)C1=O. The second-order valence-corrected chi connectivity index (χ2v) is 7.59. The van der Waals surface area contributed by atoms with Crippen LogP contribution in [-0.4, -0.2) is 31.9 Å². The molecule has 0 amide bonds. The Balaban J connectivity index is 2.13. The van der Waals surface area contributed by atoms with E-state index in [0.29, 0.717) is 22.4 Å². The van der Waals surface area contributed by atoms with Crippen molar-refractivity contribution >= 4 is 29.0 Å². The van der Waals surface area contributed by atoms with Gasteiger partial charge in [0.1, 0.15) is 11.1 Å². The minimum atomic E-state index is -1.42. The number of carbonyl (C=O) groups is 3. The van der Waals surface area contributed by atoms with Crippen molar-refractivity contribution in [2.75, 3.05) is 19.5 Å². The molecule has 3 aromatic rings. The first kappa shape index (κ1) is 22.0. The van der Waals surface area contributed by atoms with E-state index in [1.165, 1.54) is 14.2 Å². The van der Waals surface area contributed by atoms with E-state index in [1.54, 1.807) is 12.1 Å². The molecule has 0 bridgehead atoms. The van der Waals surface area contributed by atoms with Crippen molar-refractivity contribution < 1.29 is 23.9 Å². The molecule has 0 aliphatic heterocycles. The van der Waals surface area contributed by atoms with Crippen LogP contribution in [0.15, 0.2) is 96.6 Å². The molecule has 1 aliphatic rings. The quantitative estimate of drug-likeness (QED) is 0.354. The molecule has 6 heteroatoms. The van der Waals surface area contributed by atoms with Gasteiger partial charge in [0.25, 0.3) is 0 Å². The Morgan fingerprint density at radius 3 is 1.88 bits per heavy atom. The van der Waals surface area contributed by atoms with Crippen LogP contribution in [0.3, 0.4) is 0 Å². The first-order valence-electron chi connectivity index (χ1n) is 10.4. The van der Waals surface area contributed by atoms with Crippen molar-refractivity contribution in [3.8, 4) is 0 Å². The van der Waals surface area contributed by atoms with Gasteiger partial charge >= 0.3 is 11.9 Å². The molecular formula is C27H23NO5. The van der Waals surface area contributed by atoms with E-state index in [0.717, 1.165) is 0 Å². The lowest BCUT2D eigenvalue weighted by atomic mass is 9.73. The smallest absolute Gasteiger partial charge is 0.341 e. The number of ether oxygens (including phenoxy) is 2. The normalized spacial score (nSPS) is 19.8. The number of anilines is 1. The fourth-order valence-electron chi connectivity index (χ4n) is 4.46. The van der Waals surface area contributed by atoms with Crippen LogP contribution in [0.1, 0.15) is 11.1 Å². The number of benzene rings is 3. The average Bonchev–Trinajstić information content (AvgIpc) is 3.13. The van der Waals surface area contributed by atoms with Gasteiger partial charge in [-0.1, -0.05) is 78.9 Å². The van der Waals surface area contributed by atoms with Gasteiger partial charge in [-0.25, -0.2) is 4.79 Å². The molecule has 0 aromatic heterocycles. The van der Waals surface area contributed by atoms with Gasteiger partial charge in [0.2, 0.25) is 0 Å². The van der Waals surface area contributed by atoms with Crippen LogP contribution in [0.2, 0.25) is 0 Å². The van der Waals surface area contributed by atoms with E-state index in [1.807, 2.05) is 78.9 Å². The minimum absolute atomic E-state index is 0.175. The lowest BCUT2D eigenvalue weighted by Crippen LogP contribution is -2.47. The molecule has 166 valence electrons. The zero-order valence-electron chi connectivity index (χ0n) is 18.3.